The lowest BCUT2D eigenvalue weighted by molar-refractivity contribution is -0.124. The number of piperidine rings is 1. The van der Waals surface area contributed by atoms with Crippen LogP contribution in [-0.4, -0.2) is 25.5 Å². The van der Waals surface area contributed by atoms with Crippen molar-refractivity contribution in [1.82, 2.24) is 10.6 Å². The minimum absolute atomic E-state index is 0.179. The smallest absolute Gasteiger partial charge is 0.222 e. The molecule has 1 aliphatic rings. The third-order valence-corrected chi connectivity index (χ3v) is 3.48. The molecule has 1 amide bonds. The van der Waals surface area contributed by atoms with Gasteiger partial charge >= 0.3 is 0 Å². The molecule has 16 heavy (non-hydrogen) atoms. The largest absolute Gasteiger partial charge is 0.356 e. The van der Waals surface area contributed by atoms with Crippen LogP contribution in [0.1, 0.15) is 46.0 Å². The fourth-order valence-electron chi connectivity index (χ4n) is 2.31. The molecule has 1 heterocycles. The highest BCUT2D eigenvalue weighted by molar-refractivity contribution is 5.78. The van der Waals surface area contributed by atoms with E-state index in [-0.39, 0.29) is 11.8 Å². The summed E-state index contributed by atoms with van der Waals surface area (Å²) in [6, 6.07) is 0. The van der Waals surface area contributed by atoms with E-state index >= 15 is 0 Å². The summed E-state index contributed by atoms with van der Waals surface area (Å²) >= 11 is 0. The molecule has 0 saturated carbocycles. The molecule has 0 aliphatic carbocycles. The minimum atomic E-state index is 0.179. The second-order valence-electron chi connectivity index (χ2n) is 4.96. The van der Waals surface area contributed by atoms with Crippen LogP contribution in [0.3, 0.4) is 0 Å². The van der Waals surface area contributed by atoms with Gasteiger partial charge in [-0.1, -0.05) is 20.3 Å². The van der Waals surface area contributed by atoms with E-state index in [0.29, 0.717) is 0 Å². The SMILES string of the molecule is CCCC(C)C(=O)NCCC1CCNCC1. The van der Waals surface area contributed by atoms with Gasteiger partial charge in [-0.05, 0) is 44.7 Å². The molecule has 94 valence electrons. The second kappa shape index (κ2) is 7.66. The van der Waals surface area contributed by atoms with Crippen LogP contribution in [0.25, 0.3) is 0 Å². The fraction of sp³-hybridized carbons (Fsp3) is 0.923. The van der Waals surface area contributed by atoms with Gasteiger partial charge < -0.3 is 10.6 Å². The van der Waals surface area contributed by atoms with Crippen LogP contribution in [0.5, 0.6) is 0 Å². The standard InChI is InChI=1S/C13H26N2O/c1-3-4-11(2)13(16)15-10-7-12-5-8-14-9-6-12/h11-12,14H,3-10H2,1-2H3,(H,15,16). The average Bonchev–Trinajstić information content (AvgIpc) is 2.30. The molecule has 1 atom stereocenters. The molecular formula is C13H26N2O. The van der Waals surface area contributed by atoms with Gasteiger partial charge in [-0.25, -0.2) is 0 Å². The topological polar surface area (TPSA) is 41.1 Å². The van der Waals surface area contributed by atoms with E-state index in [4.69, 9.17) is 0 Å². The molecule has 0 aromatic carbocycles. The number of hydrogen-bond acceptors (Lipinski definition) is 2. The number of carbonyl (C=O) groups excluding carboxylic acids is 1. The molecule has 0 bridgehead atoms. The molecule has 3 nitrogen and oxygen atoms in total. The summed E-state index contributed by atoms with van der Waals surface area (Å²) in [7, 11) is 0. The predicted molar refractivity (Wildman–Crippen MR) is 67.3 cm³/mol. The molecule has 1 saturated heterocycles. The first-order valence-corrected chi connectivity index (χ1v) is 6.72. The molecule has 0 aromatic rings. The summed E-state index contributed by atoms with van der Waals surface area (Å²) < 4.78 is 0. The summed E-state index contributed by atoms with van der Waals surface area (Å²) in [6.45, 7) is 7.29. The van der Waals surface area contributed by atoms with Crippen molar-refractivity contribution < 1.29 is 4.79 Å². The highest BCUT2D eigenvalue weighted by Gasteiger charge is 2.14. The Kier molecular flexibility index (Phi) is 6.46. The van der Waals surface area contributed by atoms with Gasteiger partial charge in [0.15, 0.2) is 0 Å². The lowest BCUT2D eigenvalue weighted by Gasteiger charge is -2.22. The molecule has 1 fully saturated rings. The van der Waals surface area contributed by atoms with Crippen LogP contribution in [0.4, 0.5) is 0 Å². The van der Waals surface area contributed by atoms with E-state index in [1.165, 1.54) is 12.8 Å². The third-order valence-electron chi connectivity index (χ3n) is 3.48. The zero-order valence-electron chi connectivity index (χ0n) is 10.7. The summed E-state index contributed by atoms with van der Waals surface area (Å²) in [6.07, 6.45) is 5.76. The van der Waals surface area contributed by atoms with Crippen molar-refractivity contribution in [2.75, 3.05) is 19.6 Å². The van der Waals surface area contributed by atoms with E-state index < -0.39 is 0 Å². The van der Waals surface area contributed by atoms with E-state index in [1.54, 1.807) is 0 Å². The maximum absolute atomic E-state index is 11.7. The Morgan fingerprint density at radius 1 is 1.44 bits per heavy atom. The second-order valence-corrected chi connectivity index (χ2v) is 4.96. The highest BCUT2D eigenvalue weighted by atomic mass is 16.1. The van der Waals surface area contributed by atoms with Gasteiger partial charge in [-0.3, -0.25) is 4.79 Å². The normalized spacial score (nSPS) is 19.4. The summed E-state index contributed by atoms with van der Waals surface area (Å²) in [5.41, 5.74) is 0. The molecular weight excluding hydrogens is 200 g/mol. The van der Waals surface area contributed by atoms with Crippen LogP contribution >= 0.6 is 0 Å². The molecule has 0 aromatic heterocycles. The van der Waals surface area contributed by atoms with Gasteiger partial charge in [0, 0.05) is 12.5 Å². The van der Waals surface area contributed by atoms with E-state index in [1.807, 2.05) is 6.92 Å². The number of nitrogens with one attached hydrogen (secondary N) is 2. The Morgan fingerprint density at radius 3 is 2.75 bits per heavy atom. The first kappa shape index (κ1) is 13.5. The van der Waals surface area contributed by atoms with Crippen molar-refractivity contribution in [3.05, 3.63) is 0 Å². The zero-order valence-corrected chi connectivity index (χ0v) is 10.7. The molecule has 3 heteroatoms. The quantitative estimate of drug-likeness (QED) is 0.726. The van der Waals surface area contributed by atoms with Crippen molar-refractivity contribution in [3.63, 3.8) is 0 Å². The van der Waals surface area contributed by atoms with Crippen LogP contribution in [0.2, 0.25) is 0 Å². The molecule has 0 radical (unpaired) electrons. The highest BCUT2D eigenvalue weighted by Crippen LogP contribution is 2.15. The predicted octanol–water partition coefficient (Wildman–Crippen LogP) is 1.93. The number of amides is 1. The van der Waals surface area contributed by atoms with Crippen LogP contribution in [-0.2, 0) is 4.79 Å². The fourth-order valence-corrected chi connectivity index (χ4v) is 2.31. The van der Waals surface area contributed by atoms with Gasteiger partial charge in [0.1, 0.15) is 0 Å². The summed E-state index contributed by atoms with van der Waals surface area (Å²) in [4.78, 5) is 11.7. The Hall–Kier alpha value is -0.570. The van der Waals surface area contributed by atoms with Gasteiger partial charge in [0.2, 0.25) is 5.91 Å². The number of carbonyl (C=O) groups is 1. The minimum Gasteiger partial charge on any atom is -0.356 e. The molecule has 2 N–H and O–H groups in total. The molecule has 1 unspecified atom stereocenters. The van der Waals surface area contributed by atoms with Crippen molar-refractivity contribution in [2.24, 2.45) is 11.8 Å². The first-order valence-electron chi connectivity index (χ1n) is 6.72. The Bertz CT molecular complexity index is 200. The zero-order chi connectivity index (χ0) is 11.8. The van der Waals surface area contributed by atoms with Gasteiger partial charge in [0.25, 0.3) is 0 Å². The van der Waals surface area contributed by atoms with Crippen LogP contribution in [0, 0.1) is 11.8 Å². The van der Waals surface area contributed by atoms with E-state index in [2.05, 4.69) is 17.6 Å². The number of rotatable bonds is 6. The van der Waals surface area contributed by atoms with Gasteiger partial charge in [-0.2, -0.15) is 0 Å². The molecule has 1 aliphatic heterocycles. The number of hydrogen-bond donors (Lipinski definition) is 2. The monoisotopic (exact) mass is 226 g/mol. The van der Waals surface area contributed by atoms with Crippen molar-refractivity contribution in [3.8, 4) is 0 Å². The molecule has 1 rings (SSSR count). The third kappa shape index (κ3) is 4.97. The van der Waals surface area contributed by atoms with Crippen molar-refractivity contribution in [1.29, 1.82) is 0 Å². The summed E-state index contributed by atoms with van der Waals surface area (Å²) in [5.74, 6) is 1.22. The maximum Gasteiger partial charge on any atom is 0.222 e. The Labute approximate surface area is 99.4 Å². The van der Waals surface area contributed by atoms with Crippen molar-refractivity contribution in [2.45, 2.75) is 46.0 Å². The van der Waals surface area contributed by atoms with Crippen LogP contribution in [0.15, 0.2) is 0 Å². The summed E-state index contributed by atoms with van der Waals surface area (Å²) in [5, 5.41) is 6.42. The lowest BCUT2D eigenvalue weighted by Crippen LogP contribution is -2.33. The van der Waals surface area contributed by atoms with E-state index in [9.17, 15) is 4.79 Å². The van der Waals surface area contributed by atoms with Crippen molar-refractivity contribution >= 4 is 5.91 Å². The lowest BCUT2D eigenvalue weighted by atomic mass is 9.94. The Morgan fingerprint density at radius 2 is 2.12 bits per heavy atom. The van der Waals surface area contributed by atoms with Gasteiger partial charge in [-0.15, -0.1) is 0 Å². The van der Waals surface area contributed by atoms with Crippen LogP contribution < -0.4 is 10.6 Å². The molecule has 0 spiro atoms. The maximum atomic E-state index is 11.7. The Balaban J connectivity index is 2.07. The van der Waals surface area contributed by atoms with E-state index in [0.717, 1.165) is 44.8 Å². The first-order chi connectivity index (χ1) is 7.74. The average molecular weight is 226 g/mol. The van der Waals surface area contributed by atoms with Gasteiger partial charge in [0.05, 0.1) is 0 Å².